The van der Waals surface area contributed by atoms with Crippen molar-refractivity contribution in [1.82, 2.24) is 0 Å². The van der Waals surface area contributed by atoms with E-state index in [1.807, 2.05) is 6.92 Å². The highest BCUT2D eigenvalue weighted by atomic mass is 127. The van der Waals surface area contributed by atoms with Crippen molar-refractivity contribution in [2.75, 3.05) is 0 Å². The molecule has 2 rings (SSSR count). The Bertz CT molecular complexity index is 807. The maximum atomic E-state index is 13.2. The van der Waals surface area contributed by atoms with Crippen LogP contribution < -0.4 is 0 Å². The van der Waals surface area contributed by atoms with E-state index in [0.29, 0.717) is 12.8 Å². The van der Waals surface area contributed by atoms with E-state index in [-0.39, 0.29) is 16.2 Å². The highest BCUT2D eigenvalue weighted by Crippen LogP contribution is 2.44. The first-order chi connectivity index (χ1) is 11.3. The fourth-order valence-corrected chi connectivity index (χ4v) is 8.55. The molecule has 0 heterocycles. The van der Waals surface area contributed by atoms with Crippen LogP contribution in [0.4, 0.5) is 0 Å². The summed E-state index contributed by atoms with van der Waals surface area (Å²) >= 11 is 1.61. The van der Waals surface area contributed by atoms with Gasteiger partial charge in [-0.2, -0.15) is 0 Å². The van der Waals surface area contributed by atoms with Crippen molar-refractivity contribution in [1.29, 1.82) is 0 Å². The Balaban J connectivity index is 2.68. The molecule has 0 fully saturated rings. The van der Waals surface area contributed by atoms with Crippen molar-refractivity contribution in [2.24, 2.45) is 0 Å². The summed E-state index contributed by atoms with van der Waals surface area (Å²) in [4.78, 5) is 0.0463. The van der Waals surface area contributed by atoms with Gasteiger partial charge in [0, 0.05) is 0 Å². The molecule has 130 valence electrons. The van der Waals surface area contributed by atoms with Gasteiger partial charge in [0.05, 0.1) is 9.79 Å². The van der Waals surface area contributed by atoms with Crippen LogP contribution in [0.25, 0.3) is 0 Å². The summed E-state index contributed by atoms with van der Waals surface area (Å²) in [5.41, 5.74) is 0. The van der Waals surface area contributed by atoms with Crippen LogP contribution in [0.5, 0.6) is 0 Å². The van der Waals surface area contributed by atoms with Crippen LogP contribution in [-0.2, 0) is 19.7 Å². The summed E-state index contributed by atoms with van der Waals surface area (Å²) in [5.74, 6) is 0. The second-order valence-corrected chi connectivity index (χ2v) is 13.3. The third-order valence-corrected chi connectivity index (χ3v) is 12.9. The van der Waals surface area contributed by atoms with E-state index in [9.17, 15) is 16.8 Å². The van der Waals surface area contributed by atoms with Crippen molar-refractivity contribution < 1.29 is 16.8 Å². The average molecular weight is 478 g/mol. The molecule has 24 heavy (non-hydrogen) atoms. The lowest BCUT2D eigenvalue weighted by Crippen LogP contribution is -2.40. The predicted molar refractivity (Wildman–Crippen MR) is 104 cm³/mol. The Labute approximate surface area is 157 Å². The zero-order valence-corrected chi connectivity index (χ0v) is 17.0. The second-order valence-electron chi connectivity index (χ2n) is 5.40. The Morgan fingerprint density at radius 2 is 1.17 bits per heavy atom. The molecule has 0 spiro atoms. The van der Waals surface area contributed by atoms with Crippen molar-refractivity contribution >= 4 is 42.3 Å². The molecule has 4 nitrogen and oxygen atoms in total. The number of hydrogen-bond acceptors (Lipinski definition) is 4. The number of sulfone groups is 2. The highest BCUT2D eigenvalue weighted by molar-refractivity contribution is 14.1. The molecule has 0 saturated heterocycles. The van der Waals surface area contributed by atoms with Crippen LogP contribution in [-0.4, -0.2) is 18.9 Å². The molecule has 0 aromatic heterocycles. The number of alkyl halides is 1. The van der Waals surface area contributed by atoms with E-state index in [0.717, 1.165) is 0 Å². The van der Waals surface area contributed by atoms with E-state index < -0.39 is 21.8 Å². The third kappa shape index (κ3) is 3.39. The molecular weight excluding hydrogens is 459 g/mol. The van der Waals surface area contributed by atoms with E-state index in [1.165, 1.54) is 24.3 Å². The average Bonchev–Trinajstić information content (AvgIpc) is 2.60. The normalized spacial score (nSPS) is 12.9. The topological polar surface area (TPSA) is 68.3 Å². The van der Waals surface area contributed by atoms with Gasteiger partial charge >= 0.3 is 0 Å². The van der Waals surface area contributed by atoms with Gasteiger partial charge in [-0.1, -0.05) is 56.2 Å². The fourth-order valence-electron chi connectivity index (χ4n) is 2.35. The Morgan fingerprint density at radius 3 is 1.50 bits per heavy atom. The Morgan fingerprint density at radius 1 is 0.792 bits per heavy atom. The Kier molecular flexibility index (Phi) is 6.09. The van der Waals surface area contributed by atoms with Crippen molar-refractivity contribution in [3.8, 4) is 0 Å². The van der Waals surface area contributed by atoms with Gasteiger partial charge in [0.15, 0.2) is 0 Å². The third-order valence-electron chi connectivity index (χ3n) is 3.74. The van der Waals surface area contributed by atoms with Gasteiger partial charge in [-0.25, -0.2) is 16.8 Å². The summed E-state index contributed by atoms with van der Waals surface area (Å²) < 4.78 is 50.8. The van der Waals surface area contributed by atoms with Crippen molar-refractivity contribution in [3.05, 3.63) is 60.7 Å². The summed E-state index contributed by atoms with van der Waals surface area (Å²) in [6.45, 7) is 1.90. The number of benzene rings is 2. The van der Waals surface area contributed by atoms with Gasteiger partial charge in [-0.05, 0) is 53.3 Å². The number of hydrogen-bond donors (Lipinski definition) is 0. The lowest BCUT2D eigenvalue weighted by atomic mass is 10.3. The minimum absolute atomic E-state index is 0.0232. The SMILES string of the molecule is CCCCC(I)(S(=O)(=O)c1ccccc1)S(=O)(=O)c1ccccc1. The van der Waals surface area contributed by atoms with E-state index in [2.05, 4.69) is 0 Å². The molecule has 0 aliphatic carbocycles. The van der Waals surface area contributed by atoms with Crippen LogP contribution in [0.2, 0.25) is 0 Å². The molecule has 0 aliphatic heterocycles. The fraction of sp³-hybridized carbons (Fsp3) is 0.294. The molecule has 0 radical (unpaired) electrons. The molecule has 7 heteroatoms. The van der Waals surface area contributed by atoms with Gasteiger partial charge in [0.2, 0.25) is 21.8 Å². The lowest BCUT2D eigenvalue weighted by molar-refractivity contribution is 0.560. The minimum Gasteiger partial charge on any atom is -0.221 e. The number of rotatable bonds is 7. The molecule has 0 bridgehead atoms. The standard InChI is InChI=1S/C17H19IO4S2/c1-2-3-14-17(18,23(19,20)15-10-6-4-7-11-15)24(21,22)16-12-8-5-9-13-16/h4-13H,2-3,14H2,1H3. The summed E-state index contributed by atoms with van der Waals surface area (Å²) in [7, 11) is -8.16. The first-order valence-electron chi connectivity index (χ1n) is 7.55. The first-order valence-corrected chi connectivity index (χ1v) is 11.6. The van der Waals surface area contributed by atoms with Crippen LogP contribution in [0, 0.1) is 0 Å². The van der Waals surface area contributed by atoms with Crippen molar-refractivity contribution in [2.45, 2.75) is 38.1 Å². The van der Waals surface area contributed by atoms with Gasteiger partial charge in [-0.3, -0.25) is 0 Å². The summed E-state index contributed by atoms with van der Waals surface area (Å²) in [6, 6.07) is 15.5. The van der Waals surface area contributed by atoms with Crippen LogP contribution in [0.15, 0.2) is 70.5 Å². The maximum Gasteiger partial charge on any atom is 0.232 e. The number of halogens is 1. The largest absolute Gasteiger partial charge is 0.232 e. The number of unbranched alkanes of at least 4 members (excludes halogenated alkanes) is 1. The van der Waals surface area contributed by atoms with E-state index in [4.69, 9.17) is 0 Å². The lowest BCUT2D eigenvalue weighted by Gasteiger charge is -2.27. The molecular formula is C17H19IO4S2. The molecule has 2 aromatic carbocycles. The molecule has 0 saturated carbocycles. The van der Waals surface area contributed by atoms with Gasteiger partial charge in [-0.15, -0.1) is 0 Å². The smallest absolute Gasteiger partial charge is 0.221 e. The highest BCUT2D eigenvalue weighted by Gasteiger charge is 2.53. The maximum absolute atomic E-state index is 13.2. The molecule has 0 unspecified atom stereocenters. The van der Waals surface area contributed by atoms with Gasteiger partial charge < -0.3 is 0 Å². The van der Waals surface area contributed by atoms with Gasteiger partial charge in [0.25, 0.3) is 0 Å². The van der Waals surface area contributed by atoms with Crippen molar-refractivity contribution in [3.63, 3.8) is 0 Å². The predicted octanol–water partition coefficient (Wildman–Crippen LogP) is 4.21. The van der Waals surface area contributed by atoms with E-state index in [1.54, 1.807) is 59.0 Å². The van der Waals surface area contributed by atoms with Crippen LogP contribution >= 0.6 is 22.6 Å². The molecule has 2 aromatic rings. The summed E-state index contributed by atoms with van der Waals surface area (Å²) in [6.07, 6.45) is 1.25. The molecule has 0 amide bonds. The van der Waals surface area contributed by atoms with E-state index >= 15 is 0 Å². The zero-order valence-electron chi connectivity index (χ0n) is 13.2. The quantitative estimate of drug-likeness (QED) is 0.442. The Hall–Kier alpha value is -0.930. The molecule has 0 N–H and O–H groups in total. The minimum atomic E-state index is -4.08. The second kappa shape index (κ2) is 7.53. The molecule has 0 aliphatic rings. The summed E-state index contributed by atoms with van der Waals surface area (Å²) in [5, 5.41) is 0. The zero-order chi connectivity index (χ0) is 17.8. The van der Waals surface area contributed by atoms with Crippen LogP contribution in [0.3, 0.4) is 0 Å². The monoisotopic (exact) mass is 478 g/mol. The molecule has 0 atom stereocenters. The first kappa shape index (κ1) is 19.4. The van der Waals surface area contributed by atoms with Gasteiger partial charge in [0.1, 0.15) is 0 Å². The van der Waals surface area contributed by atoms with Crippen LogP contribution in [0.1, 0.15) is 26.2 Å².